The van der Waals surface area contributed by atoms with Crippen molar-refractivity contribution in [3.05, 3.63) is 48.2 Å². The first kappa shape index (κ1) is 9.78. The normalized spacial score (nSPS) is 11.3. The lowest BCUT2D eigenvalue weighted by Gasteiger charge is -1.98. The molecule has 0 spiro atoms. The average molecular weight is 197 g/mol. The van der Waals surface area contributed by atoms with Crippen LogP contribution in [0.2, 0.25) is 0 Å². The molecule has 0 amide bonds. The molecule has 0 fully saturated rings. The molecule has 1 aromatic carbocycles. The van der Waals surface area contributed by atoms with Gasteiger partial charge < -0.3 is 4.98 Å². The van der Waals surface area contributed by atoms with E-state index in [2.05, 4.69) is 35.8 Å². The molecule has 0 unspecified atom stereocenters. The zero-order chi connectivity index (χ0) is 10.8. The minimum atomic E-state index is 1.10. The van der Waals surface area contributed by atoms with Crippen LogP contribution in [0.1, 0.15) is 25.1 Å². The molecule has 1 aromatic heterocycles. The summed E-state index contributed by atoms with van der Waals surface area (Å²) in [5, 5.41) is 1.25. The molecule has 0 aliphatic carbocycles. The van der Waals surface area contributed by atoms with E-state index in [-0.39, 0.29) is 0 Å². The number of aromatic amines is 1. The Hall–Kier alpha value is -1.76. The maximum atomic E-state index is 4.04. The molecule has 1 nitrogen and oxygen atoms in total. The largest absolute Gasteiger partial charge is 0.355 e. The van der Waals surface area contributed by atoms with Crippen LogP contribution >= 0.6 is 0 Å². The van der Waals surface area contributed by atoms with Crippen LogP contribution in [0.25, 0.3) is 22.6 Å². The Balaban J connectivity index is 2.80. The van der Waals surface area contributed by atoms with Gasteiger partial charge in [0.1, 0.15) is 0 Å². The van der Waals surface area contributed by atoms with E-state index in [1.165, 1.54) is 16.5 Å². The number of nitrogens with one attached hydrogen (secondary N) is 1. The van der Waals surface area contributed by atoms with Gasteiger partial charge >= 0.3 is 0 Å². The van der Waals surface area contributed by atoms with Crippen molar-refractivity contribution in [2.24, 2.45) is 0 Å². The third-order valence-electron chi connectivity index (χ3n) is 2.50. The Labute approximate surface area is 90.1 Å². The fourth-order valence-electron chi connectivity index (χ4n) is 1.91. The number of rotatable bonds is 2. The monoisotopic (exact) mass is 197 g/mol. The standard InChI is InChI=1S/C14H15N/c1-4-7-13-14(10(2)3)11-8-5-6-9-12(11)15-13/h4-9,15H,2H2,1,3H3/b7-4-. The molecule has 15 heavy (non-hydrogen) atoms. The predicted octanol–water partition coefficient (Wildman–Crippen LogP) is 4.23. The summed E-state index contributed by atoms with van der Waals surface area (Å²) in [6.45, 7) is 8.10. The lowest BCUT2D eigenvalue weighted by molar-refractivity contribution is 1.41. The highest BCUT2D eigenvalue weighted by Crippen LogP contribution is 2.28. The third-order valence-corrected chi connectivity index (χ3v) is 2.50. The van der Waals surface area contributed by atoms with Crippen molar-refractivity contribution in [1.29, 1.82) is 0 Å². The molecule has 0 radical (unpaired) electrons. The molecule has 76 valence electrons. The second-order valence-corrected chi connectivity index (χ2v) is 3.74. The van der Waals surface area contributed by atoms with Gasteiger partial charge in [-0.3, -0.25) is 0 Å². The van der Waals surface area contributed by atoms with Crippen LogP contribution in [0.15, 0.2) is 36.9 Å². The number of benzene rings is 1. The second kappa shape index (κ2) is 3.77. The summed E-state index contributed by atoms with van der Waals surface area (Å²) in [7, 11) is 0. The predicted molar refractivity (Wildman–Crippen MR) is 67.7 cm³/mol. The van der Waals surface area contributed by atoms with Crippen LogP contribution in [0, 0.1) is 0 Å². The Morgan fingerprint density at radius 3 is 2.73 bits per heavy atom. The summed E-state index contributed by atoms with van der Waals surface area (Å²) in [5.74, 6) is 0. The molecule has 0 bridgehead atoms. The summed E-state index contributed by atoms with van der Waals surface area (Å²) < 4.78 is 0. The van der Waals surface area contributed by atoms with Gasteiger partial charge in [0.05, 0.1) is 0 Å². The number of para-hydroxylation sites is 1. The molecule has 1 heteroatoms. The van der Waals surface area contributed by atoms with Gasteiger partial charge in [0.25, 0.3) is 0 Å². The summed E-state index contributed by atoms with van der Waals surface area (Å²) in [5.41, 5.74) is 4.64. The molecule has 0 atom stereocenters. The second-order valence-electron chi connectivity index (χ2n) is 3.74. The smallest absolute Gasteiger partial charge is 0.0464 e. The fourth-order valence-corrected chi connectivity index (χ4v) is 1.91. The average Bonchev–Trinajstić information content (AvgIpc) is 2.56. The Bertz CT molecular complexity index is 529. The zero-order valence-electron chi connectivity index (χ0n) is 9.17. The molecule has 1 N–H and O–H groups in total. The summed E-state index contributed by atoms with van der Waals surface area (Å²) in [6.07, 6.45) is 4.13. The minimum absolute atomic E-state index is 1.10. The highest BCUT2D eigenvalue weighted by Gasteiger charge is 2.08. The van der Waals surface area contributed by atoms with Gasteiger partial charge in [-0.25, -0.2) is 0 Å². The van der Waals surface area contributed by atoms with E-state index in [1.807, 2.05) is 26.0 Å². The first-order valence-corrected chi connectivity index (χ1v) is 5.13. The number of hydrogen-bond acceptors (Lipinski definition) is 0. The topological polar surface area (TPSA) is 15.8 Å². The van der Waals surface area contributed by atoms with Crippen LogP contribution in [0.4, 0.5) is 0 Å². The molecule has 0 aliphatic rings. The zero-order valence-corrected chi connectivity index (χ0v) is 9.17. The minimum Gasteiger partial charge on any atom is -0.355 e. The number of H-pyrrole nitrogens is 1. The molecule has 0 saturated heterocycles. The molecular formula is C14H15N. The van der Waals surface area contributed by atoms with Crippen LogP contribution in [-0.4, -0.2) is 4.98 Å². The van der Waals surface area contributed by atoms with Crippen LogP contribution in [0.5, 0.6) is 0 Å². The van der Waals surface area contributed by atoms with Crippen LogP contribution in [-0.2, 0) is 0 Å². The van der Waals surface area contributed by atoms with E-state index in [0.717, 1.165) is 11.3 Å². The first-order chi connectivity index (χ1) is 7.24. The van der Waals surface area contributed by atoms with Crippen molar-refractivity contribution in [3.8, 4) is 0 Å². The highest BCUT2D eigenvalue weighted by molar-refractivity contribution is 5.95. The summed E-state index contributed by atoms with van der Waals surface area (Å²) in [6, 6.07) is 8.32. The van der Waals surface area contributed by atoms with Crippen molar-refractivity contribution >= 4 is 22.6 Å². The van der Waals surface area contributed by atoms with Gasteiger partial charge in [-0.15, -0.1) is 0 Å². The van der Waals surface area contributed by atoms with Gasteiger partial charge in [0.2, 0.25) is 0 Å². The maximum absolute atomic E-state index is 4.04. The molecule has 1 heterocycles. The van der Waals surface area contributed by atoms with Crippen molar-refractivity contribution in [2.45, 2.75) is 13.8 Å². The fraction of sp³-hybridized carbons (Fsp3) is 0.143. The molecule has 2 rings (SSSR count). The quantitative estimate of drug-likeness (QED) is 0.741. The van der Waals surface area contributed by atoms with E-state index in [1.54, 1.807) is 0 Å². The Kier molecular flexibility index (Phi) is 2.46. The summed E-state index contributed by atoms with van der Waals surface area (Å²) in [4.78, 5) is 3.40. The van der Waals surface area contributed by atoms with Gasteiger partial charge in [-0.1, -0.05) is 30.9 Å². The van der Waals surface area contributed by atoms with Gasteiger partial charge in [-0.05, 0) is 31.6 Å². The van der Waals surface area contributed by atoms with Gasteiger partial charge in [0.15, 0.2) is 0 Å². The van der Waals surface area contributed by atoms with Crippen LogP contribution in [0.3, 0.4) is 0 Å². The SMILES string of the molecule is C=C(C)c1c(/C=C\C)[nH]c2ccccc12. The van der Waals surface area contributed by atoms with E-state index < -0.39 is 0 Å². The van der Waals surface area contributed by atoms with Crippen molar-refractivity contribution in [1.82, 2.24) is 4.98 Å². The maximum Gasteiger partial charge on any atom is 0.0464 e. The Morgan fingerprint density at radius 2 is 2.07 bits per heavy atom. The molecule has 0 aliphatic heterocycles. The van der Waals surface area contributed by atoms with E-state index >= 15 is 0 Å². The lowest BCUT2D eigenvalue weighted by Crippen LogP contribution is -1.79. The first-order valence-electron chi connectivity index (χ1n) is 5.13. The highest BCUT2D eigenvalue weighted by atomic mass is 14.7. The van der Waals surface area contributed by atoms with Gasteiger partial charge in [0, 0.05) is 22.2 Å². The van der Waals surface area contributed by atoms with Crippen molar-refractivity contribution < 1.29 is 0 Å². The van der Waals surface area contributed by atoms with Crippen molar-refractivity contribution in [3.63, 3.8) is 0 Å². The summed E-state index contributed by atoms with van der Waals surface area (Å²) >= 11 is 0. The number of aromatic nitrogens is 1. The molecule has 2 aromatic rings. The number of fused-ring (bicyclic) bond motifs is 1. The lowest BCUT2D eigenvalue weighted by atomic mass is 10.0. The molecular weight excluding hydrogens is 182 g/mol. The van der Waals surface area contributed by atoms with E-state index in [9.17, 15) is 0 Å². The molecule has 0 saturated carbocycles. The third kappa shape index (κ3) is 1.61. The Morgan fingerprint density at radius 1 is 1.33 bits per heavy atom. The van der Waals surface area contributed by atoms with Gasteiger partial charge in [-0.2, -0.15) is 0 Å². The van der Waals surface area contributed by atoms with Crippen LogP contribution < -0.4 is 0 Å². The number of allylic oxidation sites excluding steroid dienone is 2. The van der Waals surface area contributed by atoms with E-state index in [4.69, 9.17) is 0 Å². The van der Waals surface area contributed by atoms with E-state index in [0.29, 0.717) is 0 Å². The number of hydrogen-bond donors (Lipinski definition) is 1. The van der Waals surface area contributed by atoms with Crippen molar-refractivity contribution in [2.75, 3.05) is 0 Å².